The quantitative estimate of drug-likeness (QED) is 0.276. The van der Waals surface area contributed by atoms with Gasteiger partial charge >= 0.3 is 0 Å². The zero-order valence-corrected chi connectivity index (χ0v) is 19.3. The molecule has 1 aliphatic rings. The lowest BCUT2D eigenvalue weighted by Crippen LogP contribution is -2.52. The van der Waals surface area contributed by atoms with Gasteiger partial charge in [0, 0.05) is 37.8 Å². The lowest BCUT2D eigenvalue weighted by Gasteiger charge is -2.37. The van der Waals surface area contributed by atoms with Crippen LogP contribution in [0.2, 0.25) is 5.02 Å². The lowest BCUT2D eigenvalue weighted by molar-refractivity contribution is -0.384. The summed E-state index contributed by atoms with van der Waals surface area (Å²) in [6.45, 7) is 4.74. The van der Waals surface area contributed by atoms with E-state index in [2.05, 4.69) is 12.2 Å². The molecule has 1 saturated heterocycles. The molecule has 32 heavy (non-hydrogen) atoms. The van der Waals surface area contributed by atoms with Gasteiger partial charge in [-0.1, -0.05) is 31.0 Å². The predicted octanol–water partition coefficient (Wildman–Crippen LogP) is 4.26. The molecule has 0 spiro atoms. The van der Waals surface area contributed by atoms with Crippen molar-refractivity contribution >= 4 is 46.2 Å². The van der Waals surface area contributed by atoms with Gasteiger partial charge in [-0.2, -0.15) is 0 Å². The molecule has 10 heteroatoms. The molecule has 1 aliphatic heterocycles. The fourth-order valence-corrected chi connectivity index (χ4v) is 3.95. The molecule has 0 atom stereocenters. The predicted molar refractivity (Wildman–Crippen MR) is 129 cm³/mol. The molecular weight excluding hydrogens is 452 g/mol. The van der Waals surface area contributed by atoms with Gasteiger partial charge in [-0.3, -0.25) is 20.2 Å². The smallest absolute Gasteiger partial charge is 0.294 e. The van der Waals surface area contributed by atoms with E-state index in [0.29, 0.717) is 54.2 Å². The Morgan fingerprint density at radius 2 is 1.88 bits per heavy atom. The first kappa shape index (κ1) is 23.7. The minimum Gasteiger partial charge on any atom is -0.494 e. The van der Waals surface area contributed by atoms with Gasteiger partial charge in [-0.05, 0) is 49.0 Å². The Morgan fingerprint density at radius 1 is 1.19 bits per heavy atom. The Bertz CT molecular complexity index is 978. The van der Waals surface area contributed by atoms with E-state index in [1.807, 2.05) is 9.80 Å². The van der Waals surface area contributed by atoms with E-state index >= 15 is 0 Å². The highest BCUT2D eigenvalue weighted by Gasteiger charge is 2.27. The molecule has 3 rings (SSSR count). The topological polar surface area (TPSA) is 88.0 Å². The molecular formula is C22H25ClN4O4S. The molecule has 1 amide bonds. The number of nitro benzene ring substituents is 1. The van der Waals surface area contributed by atoms with E-state index in [-0.39, 0.29) is 11.6 Å². The summed E-state index contributed by atoms with van der Waals surface area (Å²) in [6.07, 6.45) is 2.04. The summed E-state index contributed by atoms with van der Waals surface area (Å²) in [4.78, 5) is 27.2. The molecule has 2 aromatic carbocycles. The average Bonchev–Trinajstić information content (AvgIpc) is 2.79. The number of piperazine rings is 1. The van der Waals surface area contributed by atoms with E-state index in [0.717, 1.165) is 18.6 Å². The number of nitrogens with zero attached hydrogens (tertiary/aromatic N) is 3. The lowest BCUT2D eigenvalue weighted by atomic mass is 10.2. The van der Waals surface area contributed by atoms with Crippen molar-refractivity contribution in [1.29, 1.82) is 0 Å². The van der Waals surface area contributed by atoms with Gasteiger partial charge in [-0.15, -0.1) is 0 Å². The van der Waals surface area contributed by atoms with E-state index in [4.69, 9.17) is 28.6 Å². The largest absolute Gasteiger partial charge is 0.494 e. The number of anilines is 1. The number of carbonyl (C=O) groups excluding carboxylic acids is 1. The minimum absolute atomic E-state index is 0.0241. The highest BCUT2D eigenvalue weighted by atomic mass is 35.5. The maximum absolute atomic E-state index is 12.6. The Hall–Kier alpha value is -2.91. The molecule has 1 N–H and O–H groups in total. The number of nitrogens with one attached hydrogen (secondary N) is 1. The van der Waals surface area contributed by atoms with Crippen LogP contribution in [0.25, 0.3) is 0 Å². The highest BCUT2D eigenvalue weighted by molar-refractivity contribution is 7.80. The summed E-state index contributed by atoms with van der Waals surface area (Å²) in [6, 6.07) is 11.6. The van der Waals surface area contributed by atoms with Crippen LogP contribution in [-0.2, 0) is 0 Å². The van der Waals surface area contributed by atoms with Crippen LogP contribution in [-0.4, -0.2) is 53.6 Å². The van der Waals surface area contributed by atoms with Gasteiger partial charge in [-0.25, -0.2) is 0 Å². The summed E-state index contributed by atoms with van der Waals surface area (Å²) in [5.41, 5.74) is 0.875. The zero-order chi connectivity index (χ0) is 23.1. The summed E-state index contributed by atoms with van der Waals surface area (Å²) in [7, 11) is 0. The van der Waals surface area contributed by atoms with Gasteiger partial charge in [0.2, 0.25) is 0 Å². The van der Waals surface area contributed by atoms with Crippen LogP contribution in [0.15, 0.2) is 42.5 Å². The SMILES string of the molecule is CCCCOc1ccc(C(=O)NC(=S)N2CCN(c3c(Cl)cccc3[N+](=O)[O-])CC2)cc1. The maximum atomic E-state index is 12.6. The number of hydrogen-bond acceptors (Lipinski definition) is 6. The van der Waals surface area contributed by atoms with Crippen LogP contribution in [0, 0.1) is 10.1 Å². The second-order valence-corrected chi connectivity index (χ2v) is 8.12. The normalized spacial score (nSPS) is 13.6. The summed E-state index contributed by atoms with van der Waals surface area (Å²) in [5.74, 6) is 0.432. The monoisotopic (exact) mass is 476 g/mol. The van der Waals surface area contributed by atoms with E-state index < -0.39 is 4.92 Å². The first-order chi connectivity index (χ1) is 15.4. The van der Waals surface area contributed by atoms with Gasteiger partial charge in [0.15, 0.2) is 5.11 Å². The number of amides is 1. The van der Waals surface area contributed by atoms with E-state index in [1.165, 1.54) is 6.07 Å². The number of halogens is 1. The summed E-state index contributed by atoms with van der Waals surface area (Å²) in [5, 5.41) is 14.8. The van der Waals surface area contributed by atoms with E-state index in [1.54, 1.807) is 36.4 Å². The van der Waals surface area contributed by atoms with Crippen molar-refractivity contribution in [3.05, 3.63) is 63.2 Å². The maximum Gasteiger partial charge on any atom is 0.294 e. The molecule has 170 valence electrons. The number of carbonyl (C=O) groups is 1. The van der Waals surface area contributed by atoms with E-state index in [9.17, 15) is 14.9 Å². The molecule has 0 aromatic heterocycles. The fourth-order valence-electron chi connectivity index (χ4n) is 3.38. The number of unbranched alkanes of at least 4 members (excludes halogenated alkanes) is 1. The third kappa shape index (κ3) is 5.86. The number of hydrogen-bond donors (Lipinski definition) is 1. The van der Waals surface area contributed by atoms with Crippen LogP contribution in [0.1, 0.15) is 30.1 Å². The van der Waals surface area contributed by atoms with Crippen molar-refractivity contribution in [1.82, 2.24) is 10.2 Å². The highest BCUT2D eigenvalue weighted by Crippen LogP contribution is 2.35. The van der Waals surface area contributed by atoms with Crippen LogP contribution in [0.4, 0.5) is 11.4 Å². The molecule has 0 radical (unpaired) electrons. The number of para-hydroxylation sites is 1. The molecule has 0 bridgehead atoms. The van der Waals surface area contributed by atoms with Gasteiger partial charge in [0.05, 0.1) is 16.6 Å². The summed E-state index contributed by atoms with van der Waals surface area (Å²) < 4.78 is 5.61. The minimum atomic E-state index is -0.432. The zero-order valence-electron chi connectivity index (χ0n) is 17.8. The summed E-state index contributed by atoms with van der Waals surface area (Å²) >= 11 is 11.6. The second kappa shape index (κ2) is 11.1. The van der Waals surface area contributed by atoms with Crippen molar-refractivity contribution in [3.63, 3.8) is 0 Å². The molecule has 8 nitrogen and oxygen atoms in total. The Balaban J connectivity index is 1.55. The Kier molecular flexibility index (Phi) is 8.24. The van der Waals surface area contributed by atoms with Crippen molar-refractivity contribution in [2.75, 3.05) is 37.7 Å². The first-order valence-electron chi connectivity index (χ1n) is 10.4. The average molecular weight is 477 g/mol. The molecule has 0 saturated carbocycles. The number of benzene rings is 2. The molecule has 0 unspecified atom stereocenters. The van der Waals surface area contributed by atoms with Gasteiger partial charge in [0.1, 0.15) is 11.4 Å². The Morgan fingerprint density at radius 3 is 2.50 bits per heavy atom. The molecule has 1 fully saturated rings. The van der Waals surface area contributed by atoms with Crippen molar-refractivity contribution in [3.8, 4) is 5.75 Å². The third-order valence-electron chi connectivity index (χ3n) is 5.15. The molecule has 1 heterocycles. The standard InChI is InChI=1S/C22H25ClN4O4S/c1-2-3-15-31-17-9-7-16(8-10-17)21(28)24-22(32)26-13-11-25(12-14-26)20-18(23)5-4-6-19(20)27(29)30/h4-10H,2-3,11-15H2,1H3,(H,24,28,32). The van der Waals surface area contributed by atoms with Crippen molar-refractivity contribution in [2.24, 2.45) is 0 Å². The van der Waals surface area contributed by atoms with Crippen LogP contribution in [0.3, 0.4) is 0 Å². The third-order valence-corrected chi connectivity index (χ3v) is 5.81. The van der Waals surface area contributed by atoms with Gasteiger partial charge < -0.3 is 14.5 Å². The fraction of sp³-hybridized carbons (Fsp3) is 0.364. The number of ether oxygens (including phenoxy) is 1. The van der Waals surface area contributed by atoms with Crippen molar-refractivity contribution in [2.45, 2.75) is 19.8 Å². The Labute approximate surface area is 197 Å². The number of thiocarbonyl (C=S) groups is 1. The molecule has 2 aromatic rings. The first-order valence-corrected chi connectivity index (χ1v) is 11.2. The van der Waals surface area contributed by atoms with Crippen molar-refractivity contribution < 1.29 is 14.5 Å². The molecule has 0 aliphatic carbocycles. The number of rotatable bonds is 7. The van der Waals surface area contributed by atoms with Crippen LogP contribution < -0.4 is 15.0 Å². The second-order valence-electron chi connectivity index (χ2n) is 7.32. The van der Waals surface area contributed by atoms with Crippen LogP contribution >= 0.6 is 23.8 Å². The van der Waals surface area contributed by atoms with Gasteiger partial charge in [0.25, 0.3) is 11.6 Å². The van der Waals surface area contributed by atoms with Crippen LogP contribution in [0.5, 0.6) is 5.75 Å². The number of nitro groups is 1.